The number of pyridine rings is 1. The summed E-state index contributed by atoms with van der Waals surface area (Å²) in [5, 5.41) is 19.8. The van der Waals surface area contributed by atoms with Gasteiger partial charge in [0.2, 0.25) is 0 Å². The van der Waals surface area contributed by atoms with Gasteiger partial charge in [0.25, 0.3) is 0 Å². The van der Waals surface area contributed by atoms with Gasteiger partial charge in [-0.1, -0.05) is 65.8 Å². The number of benzene rings is 2. The molecule has 0 aliphatic rings. The summed E-state index contributed by atoms with van der Waals surface area (Å²) in [6.07, 6.45) is 0. The minimum Gasteiger partial charge on any atom is -0.383 e. The van der Waals surface area contributed by atoms with Crippen molar-refractivity contribution in [3.63, 3.8) is 0 Å². The van der Waals surface area contributed by atoms with Crippen LogP contribution in [-0.2, 0) is 0 Å². The molecule has 142 valence electrons. The quantitative estimate of drug-likeness (QED) is 0.457. The van der Waals surface area contributed by atoms with E-state index in [2.05, 4.69) is 11.1 Å². The zero-order chi connectivity index (χ0) is 21.0. The Hall–Kier alpha value is -3.32. The lowest BCUT2D eigenvalue weighted by Crippen LogP contribution is -2.14. The largest absolute Gasteiger partial charge is 0.383 e. The fourth-order valence-corrected chi connectivity index (χ4v) is 3.97. The average Bonchev–Trinajstić information content (AvgIpc) is 2.74. The SMILES string of the molecule is CC(Sc1nc(N)c(C#N)c(-c2ccc(Cl)cc2)c1C#N)C(=O)c1ccccc1. The second-order valence-corrected chi connectivity index (χ2v) is 7.91. The van der Waals surface area contributed by atoms with Crippen LogP contribution in [0.3, 0.4) is 0 Å². The summed E-state index contributed by atoms with van der Waals surface area (Å²) in [5.74, 6) is -0.0735. The summed E-state index contributed by atoms with van der Waals surface area (Å²) >= 11 is 7.11. The van der Waals surface area contributed by atoms with E-state index in [1.54, 1.807) is 55.5 Å². The predicted octanol–water partition coefficient (Wildman–Crippen LogP) is 5.09. The maximum atomic E-state index is 12.7. The molecule has 0 aliphatic heterocycles. The Labute approximate surface area is 177 Å². The molecule has 0 amide bonds. The first-order chi connectivity index (χ1) is 14.0. The Morgan fingerprint density at radius 1 is 1.07 bits per heavy atom. The Kier molecular flexibility index (Phi) is 6.19. The van der Waals surface area contributed by atoms with Gasteiger partial charge < -0.3 is 5.73 Å². The van der Waals surface area contributed by atoms with Gasteiger partial charge in [0, 0.05) is 16.1 Å². The third-order valence-corrected chi connectivity index (χ3v) is 5.60. The van der Waals surface area contributed by atoms with Crippen LogP contribution in [0.1, 0.15) is 28.4 Å². The third-order valence-electron chi connectivity index (χ3n) is 4.26. The molecule has 2 aromatic carbocycles. The standard InChI is InChI=1S/C22H15ClN4OS/c1-13(20(28)15-5-3-2-4-6-15)29-22-18(12-25)19(17(11-24)21(26)27-22)14-7-9-16(23)10-8-14/h2-10,13H,1H3,(H2,26,27). The van der Waals surface area contributed by atoms with Crippen LogP contribution in [0.25, 0.3) is 11.1 Å². The summed E-state index contributed by atoms with van der Waals surface area (Å²) in [6, 6.07) is 19.8. The van der Waals surface area contributed by atoms with Gasteiger partial charge in [0.05, 0.1) is 10.8 Å². The normalized spacial score (nSPS) is 11.3. The van der Waals surface area contributed by atoms with Crippen LogP contribution in [0.2, 0.25) is 5.02 Å². The highest BCUT2D eigenvalue weighted by Gasteiger charge is 2.24. The molecule has 3 rings (SSSR count). The molecule has 0 aliphatic carbocycles. The van der Waals surface area contributed by atoms with Crippen molar-refractivity contribution in [1.29, 1.82) is 10.5 Å². The number of hydrogen-bond donors (Lipinski definition) is 1. The van der Waals surface area contributed by atoms with Gasteiger partial charge in [-0.25, -0.2) is 4.98 Å². The topological polar surface area (TPSA) is 104 Å². The van der Waals surface area contributed by atoms with Crippen LogP contribution < -0.4 is 5.73 Å². The fraction of sp³-hybridized carbons (Fsp3) is 0.0909. The first-order valence-electron chi connectivity index (χ1n) is 8.61. The van der Waals surface area contributed by atoms with E-state index in [0.717, 1.165) is 11.8 Å². The molecular weight excluding hydrogens is 404 g/mol. The Morgan fingerprint density at radius 3 is 2.28 bits per heavy atom. The zero-order valence-corrected chi connectivity index (χ0v) is 17.0. The fourth-order valence-electron chi connectivity index (χ4n) is 2.85. The first-order valence-corrected chi connectivity index (χ1v) is 9.87. The van der Waals surface area contributed by atoms with Crippen molar-refractivity contribution < 1.29 is 4.79 Å². The van der Waals surface area contributed by atoms with E-state index >= 15 is 0 Å². The maximum Gasteiger partial charge on any atom is 0.175 e. The number of thioether (sulfide) groups is 1. The number of aromatic nitrogens is 1. The summed E-state index contributed by atoms with van der Waals surface area (Å²) in [4.78, 5) is 17.0. The van der Waals surface area contributed by atoms with Crippen LogP contribution in [-0.4, -0.2) is 16.0 Å². The number of carbonyl (C=O) groups is 1. The summed E-state index contributed by atoms with van der Waals surface area (Å²) in [5.41, 5.74) is 7.93. The number of Topliss-reactive ketones (excluding diaryl/α,β-unsaturated/α-hetero) is 1. The molecule has 1 aromatic heterocycles. The van der Waals surface area contributed by atoms with Crippen LogP contribution in [0.4, 0.5) is 5.82 Å². The molecule has 2 N–H and O–H groups in total. The Bertz CT molecular complexity index is 1150. The van der Waals surface area contributed by atoms with E-state index in [9.17, 15) is 15.3 Å². The lowest BCUT2D eigenvalue weighted by molar-refractivity contribution is 0.0994. The Morgan fingerprint density at radius 2 is 1.69 bits per heavy atom. The number of nitrogen functional groups attached to an aromatic ring is 1. The van der Waals surface area contributed by atoms with Crippen molar-refractivity contribution in [3.05, 3.63) is 76.3 Å². The maximum absolute atomic E-state index is 12.7. The molecule has 7 heteroatoms. The minimum atomic E-state index is -0.498. The van der Waals surface area contributed by atoms with Crippen LogP contribution >= 0.6 is 23.4 Å². The molecule has 1 heterocycles. The lowest BCUT2D eigenvalue weighted by atomic mass is 9.97. The van der Waals surface area contributed by atoms with E-state index in [-0.39, 0.29) is 22.7 Å². The molecule has 1 unspecified atom stereocenters. The Balaban J connectivity index is 2.08. The van der Waals surface area contributed by atoms with E-state index in [1.165, 1.54) is 0 Å². The van der Waals surface area contributed by atoms with Gasteiger partial charge in [0.1, 0.15) is 28.5 Å². The van der Waals surface area contributed by atoms with Gasteiger partial charge in [-0.05, 0) is 24.6 Å². The molecule has 0 saturated heterocycles. The van der Waals surface area contributed by atoms with Crippen molar-refractivity contribution >= 4 is 35.0 Å². The average molecular weight is 419 g/mol. The summed E-state index contributed by atoms with van der Waals surface area (Å²) in [6.45, 7) is 1.75. The van der Waals surface area contributed by atoms with Crippen LogP contribution in [0.15, 0.2) is 59.6 Å². The van der Waals surface area contributed by atoms with Crippen molar-refractivity contribution in [2.75, 3.05) is 5.73 Å². The number of nitrogens with zero attached hydrogens (tertiary/aromatic N) is 3. The number of hydrogen-bond acceptors (Lipinski definition) is 6. The van der Waals surface area contributed by atoms with Gasteiger partial charge in [-0.15, -0.1) is 0 Å². The van der Waals surface area contributed by atoms with Crippen molar-refractivity contribution in [2.45, 2.75) is 17.2 Å². The molecule has 0 bridgehead atoms. The summed E-state index contributed by atoms with van der Waals surface area (Å²) in [7, 11) is 0. The van der Waals surface area contributed by atoms with Crippen molar-refractivity contribution in [3.8, 4) is 23.3 Å². The molecule has 29 heavy (non-hydrogen) atoms. The second-order valence-electron chi connectivity index (χ2n) is 6.15. The zero-order valence-electron chi connectivity index (χ0n) is 15.4. The van der Waals surface area contributed by atoms with Gasteiger partial charge in [-0.3, -0.25) is 4.79 Å². The van der Waals surface area contributed by atoms with Gasteiger partial charge in [0.15, 0.2) is 5.78 Å². The summed E-state index contributed by atoms with van der Waals surface area (Å²) < 4.78 is 0. The van der Waals surface area contributed by atoms with E-state index in [1.807, 2.05) is 12.1 Å². The molecule has 0 saturated carbocycles. The monoisotopic (exact) mass is 418 g/mol. The van der Waals surface area contributed by atoms with Gasteiger partial charge in [-0.2, -0.15) is 10.5 Å². The van der Waals surface area contributed by atoms with Crippen LogP contribution in [0.5, 0.6) is 0 Å². The molecular formula is C22H15ClN4OS. The van der Waals surface area contributed by atoms with E-state index < -0.39 is 5.25 Å². The highest BCUT2D eigenvalue weighted by atomic mass is 35.5. The molecule has 0 fully saturated rings. The van der Waals surface area contributed by atoms with Crippen molar-refractivity contribution in [2.24, 2.45) is 0 Å². The number of anilines is 1. The van der Waals surface area contributed by atoms with Crippen molar-refractivity contribution in [1.82, 2.24) is 4.98 Å². The minimum absolute atomic E-state index is 0.0123. The number of rotatable bonds is 5. The molecule has 0 spiro atoms. The number of carbonyl (C=O) groups excluding carboxylic acids is 1. The molecule has 5 nitrogen and oxygen atoms in total. The smallest absolute Gasteiger partial charge is 0.175 e. The number of ketones is 1. The highest BCUT2D eigenvalue weighted by molar-refractivity contribution is 8.00. The lowest BCUT2D eigenvalue weighted by Gasteiger charge is -2.15. The highest BCUT2D eigenvalue weighted by Crippen LogP contribution is 2.37. The van der Waals surface area contributed by atoms with Gasteiger partial charge >= 0.3 is 0 Å². The third kappa shape index (κ3) is 4.25. The molecule has 1 atom stereocenters. The molecule has 3 aromatic rings. The number of nitrogens with two attached hydrogens (primary N) is 1. The molecule has 0 radical (unpaired) electrons. The van der Waals surface area contributed by atoms with E-state index in [0.29, 0.717) is 26.7 Å². The van der Waals surface area contributed by atoms with Crippen LogP contribution in [0, 0.1) is 22.7 Å². The first kappa shape index (κ1) is 20.4. The number of halogens is 1. The van der Waals surface area contributed by atoms with E-state index in [4.69, 9.17) is 17.3 Å². The number of nitriles is 2. The second kappa shape index (κ2) is 8.79. The predicted molar refractivity (Wildman–Crippen MR) is 115 cm³/mol.